The van der Waals surface area contributed by atoms with Gasteiger partial charge in [0.25, 0.3) is 0 Å². The number of benzene rings is 6. The van der Waals surface area contributed by atoms with Crippen molar-refractivity contribution in [1.82, 2.24) is 9.13 Å². The molecule has 0 unspecified atom stereocenters. The predicted octanol–water partition coefficient (Wildman–Crippen LogP) is 11.5. The second-order valence-corrected chi connectivity index (χ2v) is 12.9. The highest BCUT2D eigenvalue weighted by molar-refractivity contribution is 6.13. The van der Waals surface area contributed by atoms with E-state index in [2.05, 4.69) is 139 Å². The number of aryl methyl sites for hydroxylation is 5. The van der Waals surface area contributed by atoms with Crippen molar-refractivity contribution in [1.29, 1.82) is 5.26 Å². The molecule has 0 bridgehead atoms. The van der Waals surface area contributed by atoms with Crippen LogP contribution in [0.4, 0.5) is 5.69 Å². The molecule has 0 aliphatic rings. The smallest absolute Gasteiger partial charge is 0.234 e. The Labute approximate surface area is 274 Å². The summed E-state index contributed by atoms with van der Waals surface area (Å²) in [4.78, 5) is 4.37. The van der Waals surface area contributed by atoms with E-state index in [9.17, 15) is 5.26 Å². The van der Waals surface area contributed by atoms with Gasteiger partial charge in [0, 0.05) is 21.5 Å². The molecule has 2 aromatic heterocycles. The van der Waals surface area contributed by atoms with E-state index in [4.69, 9.17) is 6.57 Å². The van der Waals surface area contributed by atoms with Gasteiger partial charge in [-0.25, -0.2) is 4.85 Å². The van der Waals surface area contributed by atoms with Gasteiger partial charge in [-0.3, -0.25) is 0 Å². The van der Waals surface area contributed by atoms with Gasteiger partial charge in [-0.2, -0.15) is 5.26 Å². The molecule has 0 amide bonds. The Bertz CT molecular complexity index is 2580. The molecule has 2 heterocycles. The van der Waals surface area contributed by atoms with Crippen molar-refractivity contribution in [2.45, 2.75) is 34.6 Å². The summed E-state index contributed by atoms with van der Waals surface area (Å²) in [5.41, 5.74) is 14.6. The Morgan fingerprint density at radius 1 is 0.532 bits per heavy atom. The summed E-state index contributed by atoms with van der Waals surface area (Å²) < 4.78 is 4.52. The number of rotatable bonds is 3. The summed E-state index contributed by atoms with van der Waals surface area (Å²) >= 11 is 0. The van der Waals surface area contributed by atoms with E-state index in [-0.39, 0.29) is 0 Å². The quantitative estimate of drug-likeness (QED) is 0.185. The molecular weight excluding hydrogens is 573 g/mol. The number of hydrogen-bond donors (Lipinski definition) is 0. The number of nitrogens with zero attached hydrogens (tertiary/aromatic N) is 4. The van der Waals surface area contributed by atoms with Crippen LogP contribution in [-0.4, -0.2) is 9.13 Å². The molecule has 0 radical (unpaired) electrons. The summed E-state index contributed by atoms with van der Waals surface area (Å²) in [6.45, 7) is 19.3. The highest BCUT2D eigenvalue weighted by Gasteiger charge is 2.24. The molecule has 0 spiro atoms. The highest BCUT2D eigenvalue weighted by atomic mass is 15.1. The first kappa shape index (κ1) is 28.4. The first-order chi connectivity index (χ1) is 22.7. The lowest BCUT2D eigenvalue weighted by atomic mass is 9.97. The van der Waals surface area contributed by atoms with E-state index in [1.165, 1.54) is 33.0 Å². The summed E-state index contributed by atoms with van der Waals surface area (Å²) in [6.07, 6.45) is 0. The normalized spacial score (nSPS) is 11.5. The van der Waals surface area contributed by atoms with E-state index in [0.717, 1.165) is 60.9 Å². The van der Waals surface area contributed by atoms with Gasteiger partial charge >= 0.3 is 0 Å². The maximum absolute atomic E-state index is 9.92. The van der Waals surface area contributed by atoms with Crippen molar-refractivity contribution in [2.24, 2.45) is 0 Å². The maximum atomic E-state index is 9.92. The van der Waals surface area contributed by atoms with E-state index in [1.807, 2.05) is 19.1 Å². The molecule has 4 nitrogen and oxygen atoms in total. The lowest BCUT2D eigenvalue weighted by Crippen LogP contribution is -2.03. The van der Waals surface area contributed by atoms with E-state index < -0.39 is 0 Å². The number of aromatic nitrogens is 2. The fraction of sp³-hybridized carbons (Fsp3) is 0.116. The van der Waals surface area contributed by atoms with Gasteiger partial charge in [-0.1, -0.05) is 58.7 Å². The summed E-state index contributed by atoms with van der Waals surface area (Å²) in [5, 5.41) is 14.6. The minimum absolute atomic E-state index is 0.558. The molecule has 8 rings (SSSR count). The van der Waals surface area contributed by atoms with Crippen LogP contribution in [0.5, 0.6) is 0 Å². The third kappa shape index (κ3) is 4.34. The molecule has 0 atom stereocenters. The minimum Gasteiger partial charge on any atom is -0.319 e. The molecule has 4 heteroatoms. The van der Waals surface area contributed by atoms with E-state index in [0.29, 0.717) is 11.3 Å². The van der Waals surface area contributed by atoms with Crippen molar-refractivity contribution in [3.63, 3.8) is 0 Å². The van der Waals surface area contributed by atoms with Crippen LogP contribution in [0.15, 0.2) is 103 Å². The molecule has 6 aromatic carbocycles. The Balaban J connectivity index is 1.58. The maximum Gasteiger partial charge on any atom is 0.234 e. The largest absolute Gasteiger partial charge is 0.319 e. The Hall–Kier alpha value is -6.10. The van der Waals surface area contributed by atoms with Crippen molar-refractivity contribution in [3.05, 3.63) is 148 Å². The summed E-state index contributed by atoms with van der Waals surface area (Å²) in [6, 6.07) is 38.8. The number of fused-ring (bicyclic) bond motifs is 6. The average Bonchev–Trinajstić information content (AvgIpc) is 3.54. The van der Waals surface area contributed by atoms with Gasteiger partial charge in [0.15, 0.2) is 0 Å². The van der Waals surface area contributed by atoms with Crippen LogP contribution >= 0.6 is 0 Å². The van der Waals surface area contributed by atoms with Crippen LogP contribution in [0.2, 0.25) is 0 Å². The molecule has 8 aromatic rings. The summed E-state index contributed by atoms with van der Waals surface area (Å²) in [7, 11) is 0. The molecule has 0 saturated carbocycles. The first-order valence-corrected chi connectivity index (χ1v) is 15.9. The molecule has 0 fully saturated rings. The van der Waals surface area contributed by atoms with Crippen LogP contribution in [-0.2, 0) is 0 Å². The number of hydrogen-bond acceptors (Lipinski definition) is 1. The SMILES string of the molecule is [C-]#[N+]c1c(-n2c3ccc(C)cc3c3cc(C)ccc32)ccc(-c2cc(C)cc(C#N)c2)c1-n1c2ccc(C)cc2c2cc(C)ccc21. The van der Waals surface area contributed by atoms with Crippen LogP contribution in [0.3, 0.4) is 0 Å². The standard InChI is InChI=1S/C43H32N4/c1-25-7-12-37-33(19-25)34-20-26(2)8-13-38(34)46(37)41-16-11-32(31-18-29(5)17-30(23-31)24-44)43(42(41)45-6)47-39-14-9-27(3)21-35(39)36-22-28(4)10-15-40(36)47/h7-23H,1-5H3. The topological polar surface area (TPSA) is 38.0 Å². The second kappa shape index (κ2) is 10.5. The Kier molecular flexibility index (Phi) is 6.33. The summed E-state index contributed by atoms with van der Waals surface area (Å²) in [5.74, 6) is 0. The van der Waals surface area contributed by atoms with Gasteiger partial charge in [-0.05, 0) is 118 Å². The third-order valence-corrected chi connectivity index (χ3v) is 9.38. The average molecular weight is 605 g/mol. The lowest BCUT2D eigenvalue weighted by Gasteiger charge is -2.20. The molecule has 0 saturated heterocycles. The molecule has 0 aliphatic carbocycles. The fourth-order valence-corrected chi connectivity index (χ4v) is 7.32. The van der Waals surface area contributed by atoms with Crippen LogP contribution in [0.25, 0.3) is 71.0 Å². The molecule has 0 N–H and O–H groups in total. The number of nitriles is 1. The van der Waals surface area contributed by atoms with Gasteiger partial charge in [-0.15, -0.1) is 0 Å². The van der Waals surface area contributed by atoms with E-state index in [1.54, 1.807) is 0 Å². The van der Waals surface area contributed by atoms with Crippen LogP contribution in [0.1, 0.15) is 33.4 Å². The van der Waals surface area contributed by atoms with Gasteiger partial charge in [0.2, 0.25) is 5.69 Å². The van der Waals surface area contributed by atoms with Crippen molar-refractivity contribution >= 4 is 49.3 Å². The van der Waals surface area contributed by atoms with Crippen LogP contribution < -0.4 is 0 Å². The Morgan fingerprint density at radius 2 is 1.00 bits per heavy atom. The minimum atomic E-state index is 0.558. The molecule has 224 valence electrons. The predicted molar refractivity (Wildman–Crippen MR) is 195 cm³/mol. The molecule has 47 heavy (non-hydrogen) atoms. The third-order valence-electron chi connectivity index (χ3n) is 9.38. The molecular formula is C43H32N4. The zero-order valence-electron chi connectivity index (χ0n) is 27.1. The second-order valence-electron chi connectivity index (χ2n) is 12.9. The fourth-order valence-electron chi connectivity index (χ4n) is 7.32. The van der Waals surface area contributed by atoms with Gasteiger partial charge in [0.05, 0.1) is 51.6 Å². The zero-order valence-corrected chi connectivity index (χ0v) is 27.1. The van der Waals surface area contributed by atoms with Gasteiger partial charge < -0.3 is 9.13 Å². The van der Waals surface area contributed by atoms with Crippen molar-refractivity contribution in [3.8, 4) is 28.6 Å². The van der Waals surface area contributed by atoms with E-state index >= 15 is 0 Å². The van der Waals surface area contributed by atoms with Crippen LogP contribution in [0, 0.1) is 52.5 Å². The Morgan fingerprint density at radius 3 is 1.45 bits per heavy atom. The highest BCUT2D eigenvalue weighted by Crippen LogP contribution is 2.46. The molecule has 0 aliphatic heterocycles. The van der Waals surface area contributed by atoms with Crippen molar-refractivity contribution in [2.75, 3.05) is 0 Å². The van der Waals surface area contributed by atoms with Gasteiger partial charge in [0.1, 0.15) is 0 Å². The lowest BCUT2D eigenvalue weighted by molar-refractivity contribution is 1.14. The monoisotopic (exact) mass is 604 g/mol. The van der Waals surface area contributed by atoms with Crippen molar-refractivity contribution < 1.29 is 0 Å². The zero-order chi connectivity index (χ0) is 32.6. The first-order valence-electron chi connectivity index (χ1n) is 15.9.